The average molecular weight is 282 g/mol. The molecule has 1 aromatic carbocycles. The Morgan fingerprint density at radius 1 is 1.21 bits per heavy atom. The van der Waals surface area contributed by atoms with Gasteiger partial charge in [-0.2, -0.15) is 0 Å². The van der Waals surface area contributed by atoms with E-state index in [0.29, 0.717) is 5.56 Å². The van der Waals surface area contributed by atoms with Crippen molar-refractivity contribution in [3.05, 3.63) is 64.3 Å². The molecule has 7 heteroatoms. The van der Waals surface area contributed by atoms with E-state index < -0.39 is 15.8 Å². The minimum atomic E-state index is -3.73. The first-order chi connectivity index (χ1) is 8.97. The third-order valence-electron chi connectivity index (χ3n) is 2.42. The summed E-state index contributed by atoms with van der Waals surface area (Å²) in [6.45, 7) is -0.0286. The maximum Gasteiger partial charge on any atom is 0.247 e. The number of nitrogens with one attached hydrogen (secondary N) is 2. The van der Waals surface area contributed by atoms with Gasteiger partial charge >= 0.3 is 0 Å². The fraction of sp³-hybridized carbons (Fsp3) is 0.0833. The van der Waals surface area contributed by atoms with E-state index >= 15 is 0 Å². The number of benzene rings is 1. The molecular weight excluding hydrogens is 271 g/mol. The van der Waals surface area contributed by atoms with Gasteiger partial charge in [0, 0.05) is 18.8 Å². The number of pyridine rings is 1. The Hall–Kier alpha value is -1.99. The van der Waals surface area contributed by atoms with E-state index in [1.807, 2.05) is 0 Å². The molecule has 100 valence electrons. The highest BCUT2D eigenvalue weighted by molar-refractivity contribution is 7.89. The number of H-pyrrole nitrogens is 1. The van der Waals surface area contributed by atoms with Crippen molar-refractivity contribution in [1.82, 2.24) is 9.71 Å². The first-order valence-electron chi connectivity index (χ1n) is 5.40. The van der Waals surface area contributed by atoms with Gasteiger partial charge < -0.3 is 4.98 Å². The van der Waals surface area contributed by atoms with Crippen LogP contribution in [0.4, 0.5) is 4.39 Å². The zero-order chi connectivity index (χ0) is 13.9. The van der Waals surface area contributed by atoms with Gasteiger partial charge in [-0.15, -0.1) is 0 Å². The Morgan fingerprint density at radius 3 is 2.63 bits per heavy atom. The van der Waals surface area contributed by atoms with Gasteiger partial charge in [-0.05, 0) is 23.8 Å². The van der Waals surface area contributed by atoms with Crippen molar-refractivity contribution in [3.8, 4) is 0 Å². The predicted molar refractivity (Wildman–Crippen MR) is 67.5 cm³/mol. The molecule has 0 aliphatic heterocycles. The van der Waals surface area contributed by atoms with E-state index in [9.17, 15) is 17.6 Å². The summed E-state index contributed by atoms with van der Waals surface area (Å²) in [7, 11) is -3.73. The summed E-state index contributed by atoms with van der Waals surface area (Å²) in [4.78, 5) is 13.1. The van der Waals surface area contributed by atoms with E-state index in [-0.39, 0.29) is 17.0 Å². The van der Waals surface area contributed by atoms with Gasteiger partial charge in [-0.1, -0.05) is 12.1 Å². The average Bonchev–Trinajstić information content (AvgIpc) is 2.37. The molecule has 1 aromatic heterocycles. The van der Waals surface area contributed by atoms with Crippen LogP contribution in [-0.4, -0.2) is 13.4 Å². The summed E-state index contributed by atoms with van der Waals surface area (Å²) in [6, 6.07) is 7.95. The van der Waals surface area contributed by atoms with Crippen molar-refractivity contribution in [3.63, 3.8) is 0 Å². The minimum Gasteiger partial charge on any atom is -0.328 e. The first-order valence-corrected chi connectivity index (χ1v) is 6.88. The van der Waals surface area contributed by atoms with Gasteiger partial charge in [-0.25, -0.2) is 17.5 Å². The van der Waals surface area contributed by atoms with E-state index in [2.05, 4.69) is 9.71 Å². The van der Waals surface area contributed by atoms with Crippen LogP contribution in [0, 0.1) is 5.82 Å². The first kappa shape index (κ1) is 13.4. The zero-order valence-electron chi connectivity index (χ0n) is 9.76. The standard InChI is InChI=1S/C12H11FN2O3S/c13-10-3-1-2-9(6-10)7-15-19(17,18)11-4-5-12(16)14-8-11/h1-6,8,15H,7H2,(H,14,16). The summed E-state index contributed by atoms with van der Waals surface area (Å²) in [5, 5.41) is 0. The largest absolute Gasteiger partial charge is 0.328 e. The molecule has 0 fully saturated rings. The lowest BCUT2D eigenvalue weighted by atomic mass is 10.2. The Bertz CT molecular complexity index is 720. The molecule has 0 spiro atoms. The maximum absolute atomic E-state index is 12.9. The Kier molecular flexibility index (Phi) is 3.77. The lowest BCUT2D eigenvalue weighted by Crippen LogP contribution is -2.24. The highest BCUT2D eigenvalue weighted by atomic mass is 32.2. The fourth-order valence-electron chi connectivity index (χ4n) is 1.47. The van der Waals surface area contributed by atoms with E-state index in [4.69, 9.17) is 0 Å². The molecule has 0 radical (unpaired) electrons. The molecule has 2 N–H and O–H groups in total. The lowest BCUT2D eigenvalue weighted by molar-refractivity contribution is 0.579. The highest BCUT2D eigenvalue weighted by Crippen LogP contribution is 2.07. The summed E-state index contributed by atoms with van der Waals surface area (Å²) in [5.41, 5.74) is 0.122. The summed E-state index contributed by atoms with van der Waals surface area (Å²) in [5.74, 6) is -0.430. The monoisotopic (exact) mass is 282 g/mol. The topological polar surface area (TPSA) is 79.0 Å². The SMILES string of the molecule is O=c1ccc(S(=O)(=O)NCc2cccc(F)c2)c[nH]1. The minimum absolute atomic E-state index is 0.0286. The molecule has 0 unspecified atom stereocenters. The summed E-state index contributed by atoms with van der Waals surface area (Å²) < 4.78 is 39.0. The zero-order valence-corrected chi connectivity index (χ0v) is 10.6. The van der Waals surface area contributed by atoms with Gasteiger partial charge in [0.15, 0.2) is 0 Å². The molecule has 2 rings (SSSR count). The van der Waals surface area contributed by atoms with Gasteiger partial charge in [0.25, 0.3) is 0 Å². The maximum atomic E-state index is 12.9. The number of aromatic nitrogens is 1. The van der Waals surface area contributed by atoms with Crippen LogP contribution < -0.4 is 10.3 Å². The van der Waals surface area contributed by atoms with Crippen LogP contribution in [-0.2, 0) is 16.6 Å². The van der Waals surface area contributed by atoms with Crippen molar-refractivity contribution in [2.45, 2.75) is 11.4 Å². The van der Waals surface area contributed by atoms with Crippen molar-refractivity contribution < 1.29 is 12.8 Å². The third kappa shape index (κ3) is 3.49. The smallest absolute Gasteiger partial charge is 0.247 e. The molecule has 0 saturated heterocycles. The van der Waals surface area contributed by atoms with Gasteiger partial charge in [0.05, 0.1) is 4.90 Å². The van der Waals surface area contributed by atoms with Crippen LogP contribution in [0.2, 0.25) is 0 Å². The van der Waals surface area contributed by atoms with Crippen LogP contribution in [0.3, 0.4) is 0 Å². The van der Waals surface area contributed by atoms with Crippen molar-refractivity contribution in [1.29, 1.82) is 0 Å². The van der Waals surface area contributed by atoms with Crippen molar-refractivity contribution >= 4 is 10.0 Å². The molecule has 5 nitrogen and oxygen atoms in total. The molecular formula is C12H11FN2O3S. The second-order valence-electron chi connectivity index (χ2n) is 3.84. The lowest BCUT2D eigenvalue weighted by Gasteiger charge is -2.06. The fourth-order valence-corrected chi connectivity index (χ4v) is 2.46. The molecule has 2 aromatic rings. The van der Waals surface area contributed by atoms with Gasteiger partial charge in [-0.3, -0.25) is 4.79 Å². The number of hydrogen-bond acceptors (Lipinski definition) is 3. The molecule has 0 amide bonds. The Labute approximate surface area is 109 Å². The second-order valence-corrected chi connectivity index (χ2v) is 5.61. The van der Waals surface area contributed by atoms with Crippen LogP contribution in [0.1, 0.15) is 5.56 Å². The van der Waals surface area contributed by atoms with Crippen molar-refractivity contribution in [2.24, 2.45) is 0 Å². The van der Waals surface area contributed by atoms with Crippen LogP contribution in [0.5, 0.6) is 0 Å². The van der Waals surface area contributed by atoms with E-state index in [0.717, 1.165) is 12.3 Å². The number of hydrogen-bond donors (Lipinski definition) is 2. The second kappa shape index (κ2) is 5.33. The molecule has 19 heavy (non-hydrogen) atoms. The van der Waals surface area contributed by atoms with Crippen LogP contribution >= 0.6 is 0 Å². The van der Waals surface area contributed by atoms with Crippen LogP contribution in [0.15, 0.2) is 52.3 Å². The Balaban J connectivity index is 2.14. The van der Waals surface area contributed by atoms with Gasteiger partial charge in [0.1, 0.15) is 5.82 Å². The molecule has 0 atom stereocenters. The summed E-state index contributed by atoms with van der Waals surface area (Å²) >= 11 is 0. The normalized spacial score (nSPS) is 11.4. The number of rotatable bonds is 4. The molecule has 0 saturated carbocycles. The third-order valence-corrected chi connectivity index (χ3v) is 3.82. The molecule has 0 aliphatic carbocycles. The number of sulfonamides is 1. The number of aromatic amines is 1. The Morgan fingerprint density at radius 2 is 2.00 bits per heavy atom. The molecule has 0 aliphatic rings. The van der Waals surface area contributed by atoms with E-state index in [1.165, 1.54) is 24.3 Å². The quantitative estimate of drug-likeness (QED) is 0.877. The van der Waals surface area contributed by atoms with Crippen LogP contribution in [0.25, 0.3) is 0 Å². The van der Waals surface area contributed by atoms with Gasteiger partial charge in [0.2, 0.25) is 15.6 Å². The highest BCUT2D eigenvalue weighted by Gasteiger charge is 2.13. The molecule has 1 heterocycles. The summed E-state index contributed by atoms with van der Waals surface area (Å²) in [6.07, 6.45) is 1.11. The van der Waals surface area contributed by atoms with Crippen molar-refractivity contribution in [2.75, 3.05) is 0 Å². The van der Waals surface area contributed by atoms with E-state index in [1.54, 1.807) is 6.07 Å². The predicted octanol–water partition coefficient (Wildman–Crippen LogP) is 0.992. The number of halogens is 1. The molecule has 0 bridgehead atoms.